The second-order valence-electron chi connectivity index (χ2n) is 11.2. The van der Waals surface area contributed by atoms with Crippen LogP contribution in [0.4, 0.5) is 4.39 Å². The lowest BCUT2D eigenvalue weighted by atomic mass is 9.91. The maximum absolute atomic E-state index is 15.6. The van der Waals surface area contributed by atoms with Crippen LogP contribution in [0.1, 0.15) is 48.8 Å². The molecule has 9 heteroatoms. The SMILES string of the molecule is Cc1nc2c(-c3cccc(-c4ccncc4)c3)cnn2c(-c2cc(F)c3c(c2C)CCCO3)c1C1OC(C)(C)OC1=O. The molecular formula is C33H29FN4O4. The number of cyclic esters (lactones) is 1. The number of ether oxygens (including phenoxy) is 3. The molecule has 2 aromatic carbocycles. The van der Waals surface area contributed by atoms with E-state index in [0.29, 0.717) is 41.2 Å². The Balaban J connectivity index is 1.49. The number of hydrogen-bond acceptors (Lipinski definition) is 7. The fourth-order valence-corrected chi connectivity index (χ4v) is 6.04. The molecule has 8 nitrogen and oxygen atoms in total. The van der Waals surface area contributed by atoms with Gasteiger partial charge < -0.3 is 14.2 Å². The van der Waals surface area contributed by atoms with E-state index in [2.05, 4.69) is 11.1 Å². The van der Waals surface area contributed by atoms with E-state index in [-0.39, 0.29) is 5.75 Å². The van der Waals surface area contributed by atoms with E-state index in [1.54, 1.807) is 37.0 Å². The molecule has 0 radical (unpaired) electrons. The number of aryl methyl sites for hydroxylation is 1. The summed E-state index contributed by atoms with van der Waals surface area (Å²) in [4.78, 5) is 22.2. The Morgan fingerprint density at radius 1 is 1.02 bits per heavy atom. The van der Waals surface area contributed by atoms with Gasteiger partial charge in [-0.2, -0.15) is 5.10 Å². The summed E-state index contributed by atoms with van der Waals surface area (Å²) >= 11 is 0. The molecule has 5 heterocycles. The largest absolute Gasteiger partial charge is 0.490 e. The number of aromatic nitrogens is 4. The first-order valence-corrected chi connectivity index (χ1v) is 14.0. The normalized spacial score (nSPS) is 17.6. The number of nitrogens with zero attached hydrogens (tertiary/aromatic N) is 4. The topological polar surface area (TPSA) is 87.8 Å². The molecule has 0 aliphatic carbocycles. The van der Waals surface area contributed by atoms with Gasteiger partial charge in [-0.1, -0.05) is 18.2 Å². The number of benzene rings is 2. The van der Waals surface area contributed by atoms with Gasteiger partial charge in [0.2, 0.25) is 5.79 Å². The fourth-order valence-electron chi connectivity index (χ4n) is 6.04. The van der Waals surface area contributed by atoms with Crippen LogP contribution in [-0.2, 0) is 20.7 Å². The van der Waals surface area contributed by atoms with Crippen LogP contribution >= 0.6 is 0 Å². The molecule has 0 N–H and O–H groups in total. The van der Waals surface area contributed by atoms with Crippen LogP contribution in [0.2, 0.25) is 0 Å². The highest BCUT2D eigenvalue weighted by Crippen LogP contribution is 2.44. The molecule has 1 unspecified atom stereocenters. The van der Waals surface area contributed by atoms with Gasteiger partial charge in [-0.25, -0.2) is 18.7 Å². The smallest absolute Gasteiger partial charge is 0.342 e. The van der Waals surface area contributed by atoms with Crippen molar-refractivity contribution in [2.45, 2.75) is 52.4 Å². The molecule has 1 atom stereocenters. The molecular weight excluding hydrogens is 535 g/mol. The summed E-state index contributed by atoms with van der Waals surface area (Å²) in [6.07, 6.45) is 5.71. The third kappa shape index (κ3) is 4.23. The second kappa shape index (κ2) is 9.73. The van der Waals surface area contributed by atoms with Gasteiger partial charge in [-0.15, -0.1) is 0 Å². The summed E-state index contributed by atoms with van der Waals surface area (Å²) < 4.78 is 34.6. The van der Waals surface area contributed by atoms with Gasteiger partial charge in [0.1, 0.15) is 0 Å². The summed E-state index contributed by atoms with van der Waals surface area (Å²) in [6.45, 7) is 7.64. The summed E-state index contributed by atoms with van der Waals surface area (Å²) in [7, 11) is 0. The number of carbonyl (C=O) groups is 1. The van der Waals surface area contributed by atoms with Crippen molar-refractivity contribution in [3.05, 3.63) is 89.3 Å². The molecule has 212 valence electrons. The summed E-state index contributed by atoms with van der Waals surface area (Å²) in [6, 6.07) is 13.5. The third-order valence-corrected chi connectivity index (χ3v) is 7.98. The molecule has 3 aromatic heterocycles. The van der Waals surface area contributed by atoms with Crippen LogP contribution in [0.3, 0.4) is 0 Å². The summed E-state index contributed by atoms with van der Waals surface area (Å²) in [5.41, 5.74) is 8.26. The molecule has 2 aliphatic heterocycles. The number of rotatable bonds is 4. The van der Waals surface area contributed by atoms with Crippen LogP contribution in [0.25, 0.3) is 39.2 Å². The average molecular weight is 565 g/mol. The van der Waals surface area contributed by atoms with Crippen LogP contribution < -0.4 is 4.74 Å². The first-order valence-electron chi connectivity index (χ1n) is 14.0. The average Bonchev–Trinajstić information content (AvgIpc) is 3.53. The van der Waals surface area contributed by atoms with Crippen LogP contribution in [0.15, 0.2) is 61.1 Å². The molecule has 42 heavy (non-hydrogen) atoms. The zero-order valence-electron chi connectivity index (χ0n) is 23.8. The van der Waals surface area contributed by atoms with Crippen LogP contribution in [0, 0.1) is 19.7 Å². The van der Waals surface area contributed by atoms with Gasteiger partial charge in [0, 0.05) is 54.2 Å². The van der Waals surface area contributed by atoms with Crippen LogP contribution in [-0.4, -0.2) is 37.9 Å². The van der Waals surface area contributed by atoms with E-state index >= 15 is 4.39 Å². The number of fused-ring (bicyclic) bond motifs is 2. The first kappa shape index (κ1) is 26.3. The number of hydrogen-bond donors (Lipinski definition) is 0. The number of esters is 1. The highest BCUT2D eigenvalue weighted by molar-refractivity contribution is 5.87. The van der Waals surface area contributed by atoms with Crippen molar-refractivity contribution < 1.29 is 23.4 Å². The Morgan fingerprint density at radius 2 is 1.81 bits per heavy atom. The van der Waals surface area contributed by atoms with E-state index in [0.717, 1.165) is 39.8 Å². The Hall–Kier alpha value is -4.63. The minimum absolute atomic E-state index is 0.290. The lowest BCUT2D eigenvalue weighted by molar-refractivity contribution is -0.160. The Bertz CT molecular complexity index is 1880. The number of pyridine rings is 1. The molecule has 0 bridgehead atoms. The molecule has 7 rings (SSSR count). The van der Waals surface area contributed by atoms with Gasteiger partial charge in [-0.3, -0.25) is 4.98 Å². The van der Waals surface area contributed by atoms with Crippen molar-refractivity contribution in [3.63, 3.8) is 0 Å². The highest BCUT2D eigenvalue weighted by Gasteiger charge is 2.45. The van der Waals surface area contributed by atoms with Crippen molar-refractivity contribution in [1.29, 1.82) is 0 Å². The van der Waals surface area contributed by atoms with Crippen molar-refractivity contribution in [2.75, 3.05) is 6.61 Å². The minimum atomic E-state index is -1.12. The predicted octanol–water partition coefficient (Wildman–Crippen LogP) is 6.56. The molecule has 0 amide bonds. The molecule has 2 aliphatic rings. The molecule has 0 spiro atoms. The lowest BCUT2D eigenvalue weighted by Crippen LogP contribution is -2.20. The molecule has 1 fully saturated rings. The highest BCUT2D eigenvalue weighted by atomic mass is 19.1. The lowest BCUT2D eigenvalue weighted by Gasteiger charge is -2.24. The molecule has 5 aromatic rings. The standard InChI is InChI=1S/C33H29FN4O4/c1-18-23-9-6-14-40-29(23)26(34)16-24(18)28-27(30-32(39)42-33(3,4)41-30)19(2)37-31-25(17-36-38(28)31)22-8-5-7-21(15-22)20-10-12-35-13-11-20/h5,7-8,10-13,15-17,30H,6,9,14H2,1-4H3. The van der Waals surface area contributed by atoms with Crippen molar-refractivity contribution in [2.24, 2.45) is 0 Å². The third-order valence-electron chi connectivity index (χ3n) is 7.98. The van der Waals surface area contributed by atoms with Gasteiger partial charge in [0.25, 0.3) is 0 Å². The van der Waals surface area contributed by atoms with E-state index in [1.165, 1.54) is 6.07 Å². The monoisotopic (exact) mass is 564 g/mol. The van der Waals surface area contributed by atoms with Crippen molar-refractivity contribution in [1.82, 2.24) is 19.6 Å². The number of carbonyl (C=O) groups excluding carboxylic acids is 1. The molecule has 0 saturated carbocycles. The maximum Gasteiger partial charge on any atom is 0.342 e. The van der Waals surface area contributed by atoms with Crippen molar-refractivity contribution >= 4 is 11.6 Å². The Labute approximate surface area is 242 Å². The fraction of sp³-hybridized carbons (Fsp3) is 0.273. The Morgan fingerprint density at radius 3 is 2.57 bits per heavy atom. The minimum Gasteiger partial charge on any atom is -0.490 e. The summed E-state index contributed by atoms with van der Waals surface area (Å²) in [5, 5.41) is 4.77. The van der Waals surface area contributed by atoms with E-state index in [4.69, 9.17) is 24.3 Å². The maximum atomic E-state index is 15.6. The van der Waals surface area contributed by atoms with Gasteiger partial charge in [0.15, 0.2) is 23.3 Å². The predicted molar refractivity (Wildman–Crippen MR) is 154 cm³/mol. The van der Waals surface area contributed by atoms with Crippen molar-refractivity contribution in [3.8, 4) is 39.3 Å². The molecule has 1 saturated heterocycles. The second-order valence-corrected chi connectivity index (χ2v) is 11.2. The van der Waals surface area contributed by atoms with E-state index < -0.39 is 23.7 Å². The van der Waals surface area contributed by atoms with Crippen LogP contribution in [0.5, 0.6) is 5.75 Å². The number of halogens is 1. The quantitative estimate of drug-likeness (QED) is 0.229. The van der Waals surface area contributed by atoms with E-state index in [1.807, 2.05) is 44.2 Å². The summed E-state index contributed by atoms with van der Waals surface area (Å²) in [5.74, 6) is -1.81. The van der Waals surface area contributed by atoms with E-state index in [9.17, 15) is 4.79 Å². The van der Waals surface area contributed by atoms with Gasteiger partial charge in [-0.05, 0) is 73.2 Å². The Kier molecular flexibility index (Phi) is 6.09. The first-order chi connectivity index (χ1) is 20.2. The van der Waals surface area contributed by atoms with Gasteiger partial charge in [0.05, 0.1) is 18.5 Å². The van der Waals surface area contributed by atoms with Gasteiger partial charge >= 0.3 is 5.97 Å². The zero-order chi connectivity index (χ0) is 29.2. The zero-order valence-corrected chi connectivity index (χ0v) is 23.8.